The number of nitrogens with zero attached hydrogens (tertiary/aromatic N) is 3. The van der Waals surface area contributed by atoms with E-state index in [0.717, 1.165) is 31.5 Å². The number of aromatic nitrogens is 2. The number of carbonyl (C=O) groups excluding carboxylic acids is 1. The molecule has 0 spiro atoms. The van der Waals surface area contributed by atoms with Crippen molar-refractivity contribution in [2.75, 3.05) is 19.6 Å². The molecule has 1 aromatic heterocycles. The second-order valence-electron chi connectivity index (χ2n) is 9.55. The van der Waals surface area contributed by atoms with Crippen LogP contribution in [0.1, 0.15) is 69.2 Å². The van der Waals surface area contributed by atoms with Crippen LogP contribution >= 0.6 is 11.8 Å². The van der Waals surface area contributed by atoms with Crippen LogP contribution in [0.4, 0.5) is 4.39 Å². The van der Waals surface area contributed by atoms with Crippen LogP contribution in [0.15, 0.2) is 34.2 Å². The number of thioether (sulfide) groups is 1. The van der Waals surface area contributed by atoms with Gasteiger partial charge in [0.15, 0.2) is 5.16 Å². The van der Waals surface area contributed by atoms with Crippen LogP contribution in [0.25, 0.3) is 0 Å². The van der Waals surface area contributed by atoms with Crippen molar-refractivity contribution in [1.82, 2.24) is 19.8 Å². The molecule has 1 saturated heterocycles. The molecule has 192 valence electrons. The number of amides is 1. The maximum absolute atomic E-state index is 13.2. The van der Waals surface area contributed by atoms with Crippen molar-refractivity contribution in [3.63, 3.8) is 0 Å². The summed E-state index contributed by atoms with van der Waals surface area (Å²) in [5.41, 5.74) is 1.96. The molecule has 1 aliphatic rings. The summed E-state index contributed by atoms with van der Waals surface area (Å²) in [6.45, 7) is 8.99. The van der Waals surface area contributed by atoms with E-state index in [4.69, 9.17) is 0 Å². The Labute approximate surface area is 212 Å². The number of hydrogen-bond donors (Lipinski definition) is 1. The average Bonchev–Trinajstić information content (AvgIpc) is 2.84. The lowest BCUT2D eigenvalue weighted by molar-refractivity contribution is -0.120. The minimum absolute atomic E-state index is 0.00540. The van der Waals surface area contributed by atoms with E-state index >= 15 is 0 Å². The molecule has 2 heterocycles. The smallest absolute Gasteiger partial charge is 0.257 e. The van der Waals surface area contributed by atoms with Crippen molar-refractivity contribution in [2.45, 2.75) is 82.2 Å². The zero-order chi connectivity index (χ0) is 25.4. The molecule has 2 aromatic rings. The van der Waals surface area contributed by atoms with Gasteiger partial charge in [0.25, 0.3) is 5.56 Å². The molecule has 2 atom stereocenters. The standard InChI is InChI=1S/C27H39FN4O2S/c1-5-9-24(25(33)29-15-8-17-32-16-7-6-10-19(32)2)35-27-30-20(3)23(26(34)31(27)4)18-21-11-13-22(28)14-12-21/h11-14,19,24H,5-10,15-18H2,1-4H3,(H,29,33). The van der Waals surface area contributed by atoms with E-state index in [-0.39, 0.29) is 22.5 Å². The summed E-state index contributed by atoms with van der Waals surface area (Å²) in [6, 6.07) is 6.79. The zero-order valence-electron chi connectivity index (χ0n) is 21.5. The van der Waals surface area contributed by atoms with E-state index < -0.39 is 0 Å². The first-order valence-electron chi connectivity index (χ1n) is 12.8. The van der Waals surface area contributed by atoms with Crippen molar-refractivity contribution >= 4 is 17.7 Å². The van der Waals surface area contributed by atoms with Gasteiger partial charge in [-0.15, -0.1) is 0 Å². The van der Waals surface area contributed by atoms with Crippen molar-refractivity contribution in [1.29, 1.82) is 0 Å². The average molecular weight is 503 g/mol. The normalized spacial score (nSPS) is 17.3. The summed E-state index contributed by atoms with van der Waals surface area (Å²) < 4.78 is 14.8. The van der Waals surface area contributed by atoms with Gasteiger partial charge in [0.05, 0.1) is 5.25 Å². The number of piperidine rings is 1. The van der Waals surface area contributed by atoms with Crippen molar-refractivity contribution in [3.8, 4) is 0 Å². The number of nitrogens with one attached hydrogen (secondary N) is 1. The van der Waals surface area contributed by atoms with Crippen molar-refractivity contribution in [2.24, 2.45) is 7.05 Å². The SMILES string of the molecule is CCCC(Sc1nc(C)c(Cc2ccc(F)cc2)c(=O)n1C)C(=O)NCCCN1CCCCC1C. The Hall–Kier alpha value is -2.19. The number of aryl methyl sites for hydroxylation is 1. The van der Waals surface area contributed by atoms with Gasteiger partial charge in [-0.25, -0.2) is 9.37 Å². The monoisotopic (exact) mass is 502 g/mol. The lowest BCUT2D eigenvalue weighted by Gasteiger charge is -2.33. The Kier molecular flexibility index (Phi) is 10.3. The molecule has 0 bridgehead atoms. The summed E-state index contributed by atoms with van der Waals surface area (Å²) in [5, 5.41) is 3.36. The highest BCUT2D eigenvalue weighted by molar-refractivity contribution is 8.00. The molecular weight excluding hydrogens is 463 g/mol. The van der Waals surface area contributed by atoms with E-state index in [0.29, 0.717) is 41.8 Å². The van der Waals surface area contributed by atoms with Gasteiger partial charge in [0.1, 0.15) is 5.82 Å². The van der Waals surface area contributed by atoms with Gasteiger partial charge >= 0.3 is 0 Å². The lowest BCUT2D eigenvalue weighted by atomic mass is 10.0. The number of carbonyl (C=O) groups is 1. The number of halogens is 1. The molecule has 0 aliphatic carbocycles. The summed E-state index contributed by atoms with van der Waals surface area (Å²) in [6.07, 6.45) is 6.75. The third-order valence-corrected chi connectivity index (χ3v) is 8.11. The fourth-order valence-corrected chi connectivity index (χ4v) is 5.80. The highest BCUT2D eigenvalue weighted by atomic mass is 32.2. The van der Waals surface area contributed by atoms with E-state index in [1.807, 2.05) is 6.92 Å². The minimum atomic E-state index is -0.301. The van der Waals surface area contributed by atoms with Crippen LogP contribution in [0, 0.1) is 12.7 Å². The summed E-state index contributed by atoms with van der Waals surface area (Å²) in [4.78, 5) is 33.3. The lowest BCUT2D eigenvalue weighted by Crippen LogP contribution is -2.40. The summed E-state index contributed by atoms with van der Waals surface area (Å²) in [7, 11) is 1.70. The third-order valence-electron chi connectivity index (χ3n) is 6.80. The maximum Gasteiger partial charge on any atom is 0.257 e. The van der Waals surface area contributed by atoms with Crippen LogP contribution in [0.3, 0.4) is 0 Å². The van der Waals surface area contributed by atoms with E-state index in [1.54, 1.807) is 19.2 Å². The quantitative estimate of drug-likeness (QED) is 0.279. The highest BCUT2D eigenvalue weighted by Crippen LogP contribution is 2.25. The van der Waals surface area contributed by atoms with Crippen LogP contribution in [-0.2, 0) is 18.3 Å². The van der Waals surface area contributed by atoms with Gasteiger partial charge in [-0.3, -0.25) is 14.2 Å². The van der Waals surface area contributed by atoms with E-state index in [1.165, 1.54) is 47.7 Å². The van der Waals surface area contributed by atoms with Gasteiger partial charge in [-0.2, -0.15) is 0 Å². The number of rotatable bonds is 11. The largest absolute Gasteiger partial charge is 0.355 e. The number of likely N-dealkylation sites (tertiary alicyclic amines) is 1. The van der Waals surface area contributed by atoms with E-state index in [2.05, 4.69) is 29.0 Å². The van der Waals surface area contributed by atoms with Crippen molar-refractivity contribution in [3.05, 3.63) is 57.3 Å². The third kappa shape index (κ3) is 7.64. The van der Waals surface area contributed by atoms with Gasteiger partial charge < -0.3 is 10.2 Å². The molecule has 1 aliphatic heterocycles. The molecule has 6 nitrogen and oxygen atoms in total. The Morgan fingerprint density at radius 3 is 2.71 bits per heavy atom. The minimum Gasteiger partial charge on any atom is -0.355 e. The molecule has 1 N–H and O–H groups in total. The Bertz CT molecular complexity index is 1040. The topological polar surface area (TPSA) is 67.2 Å². The molecule has 0 radical (unpaired) electrons. The first-order chi connectivity index (χ1) is 16.8. The second kappa shape index (κ2) is 13.2. The van der Waals surface area contributed by atoms with Crippen LogP contribution in [0.5, 0.6) is 0 Å². The molecule has 0 saturated carbocycles. The molecule has 2 unspecified atom stereocenters. The number of hydrogen-bond acceptors (Lipinski definition) is 5. The molecule has 35 heavy (non-hydrogen) atoms. The summed E-state index contributed by atoms with van der Waals surface area (Å²) in [5.74, 6) is -0.296. The predicted octanol–water partition coefficient (Wildman–Crippen LogP) is 4.46. The first-order valence-corrected chi connectivity index (χ1v) is 13.7. The second-order valence-corrected chi connectivity index (χ2v) is 10.7. The molecule has 1 fully saturated rings. The fraction of sp³-hybridized carbons (Fsp3) is 0.593. The first kappa shape index (κ1) is 27.4. The van der Waals surface area contributed by atoms with Gasteiger partial charge in [0.2, 0.25) is 5.91 Å². The summed E-state index contributed by atoms with van der Waals surface area (Å²) >= 11 is 1.36. The molecule has 1 aromatic carbocycles. The van der Waals surface area contributed by atoms with Crippen LogP contribution in [-0.4, -0.2) is 51.3 Å². The van der Waals surface area contributed by atoms with Crippen LogP contribution < -0.4 is 10.9 Å². The predicted molar refractivity (Wildman–Crippen MR) is 140 cm³/mol. The fourth-order valence-electron chi connectivity index (χ4n) is 4.58. The van der Waals surface area contributed by atoms with Gasteiger partial charge in [0, 0.05) is 43.9 Å². The molecule has 8 heteroatoms. The van der Waals surface area contributed by atoms with Gasteiger partial charge in [-0.1, -0.05) is 43.7 Å². The molecular formula is C27H39FN4O2S. The molecule has 1 amide bonds. The Balaban J connectivity index is 1.62. The Morgan fingerprint density at radius 2 is 2.03 bits per heavy atom. The van der Waals surface area contributed by atoms with Crippen LogP contribution in [0.2, 0.25) is 0 Å². The maximum atomic E-state index is 13.2. The molecule has 3 rings (SSSR count). The highest BCUT2D eigenvalue weighted by Gasteiger charge is 2.23. The number of benzene rings is 1. The Morgan fingerprint density at radius 1 is 1.29 bits per heavy atom. The van der Waals surface area contributed by atoms with Gasteiger partial charge in [-0.05, 0) is 63.8 Å². The van der Waals surface area contributed by atoms with E-state index in [9.17, 15) is 14.0 Å². The van der Waals surface area contributed by atoms with Crippen molar-refractivity contribution < 1.29 is 9.18 Å². The zero-order valence-corrected chi connectivity index (χ0v) is 22.3.